The van der Waals surface area contributed by atoms with Crippen LogP contribution in [0.1, 0.15) is 45.4 Å². The van der Waals surface area contributed by atoms with Gasteiger partial charge in [-0.05, 0) is 18.3 Å². The molecule has 1 aromatic heterocycles. The number of carbonyl (C=O) groups is 1. The van der Waals surface area contributed by atoms with Crippen LogP contribution in [0.3, 0.4) is 0 Å². The van der Waals surface area contributed by atoms with Gasteiger partial charge in [0.05, 0.1) is 6.04 Å². The lowest BCUT2D eigenvalue weighted by Gasteiger charge is -2.36. The molecular formula is C14H25N5O. The molecule has 1 aliphatic heterocycles. The van der Waals surface area contributed by atoms with E-state index in [9.17, 15) is 4.79 Å². The quantitative estimate of drug-likeness (QED) is 0.872. The molecule has 2 heterocycles. The fourth-order valence-electron chi connectivity index (χ4n) is 2.62. The van der Waals surface area contributed by atoms with Gasteiger partial charge in [-0.25, -0.2) is 0 Å². The van der Waals surface area contributed by atoms with Gasteiger partial charge in [0.25, 0.3) is 0 Å². The minimum Gasteiger partial charge on any atom is -0.341 e. The van der Waals surface area contributed by atoms with Crippen molar-refractivity contribution in [3.63, 3.8) is 0 Å². The fraction of sp³-hybridized carbons (Fsp3) is 0.786. The zero-order valence-corrected chi connectivity index (χ0v) is 12.8. The van der Waals surface area contributed by atoms with E-state index in [4.69, 9.17) is 5.73 Å². The van der Waals surface area contributed by atoms with E-state index >= 15 is 0 Å². The van der Waals surface area contributed by atoms with Gasteiger partial charge in [0.2, 0.25) is 5.91 Å². The van der Waals surface area contributed by atoms with Crippen LogP contribution in [-0.2, 0) is 11.8 Å². The molecule has 6 nitrogen and oxygen atoms in total. The summed E-state index contributed by atoms with van der Waals surface area (Å²) in [5.74, 6) is 1.25. The van der Waals surface area contributed by atoms with Gasteiger partial charge in [-0.3, -0.25) is 4.79 Å². The molecule has 1 aliphatic rings. The van der Waals surface area contributed by atoms with E-state index in [1.807, 2.05) is 37.3 Å². The molecule has 2 N–H and O–H groups in total. The van der Waals surface area contributed by atoms with Crippen LogP contribution in [0, 0.1) is 5.41 Å². The first kappa shape index (κ1) is 15.0. The Bertz CT molecular complexity index is 476. The third-order valence-electron chi connectivity index (χ3n) is 4.04. The molecule has 20 heavy (non-hydrogen) atoms. The van der Waals surface area contributed by atoms with E-state index in [-0.39, 0.29) is 17.2 Å². The second-order valence-electron chi connectivity index (χ2n) is 6.77. The van der Waals surface area contributed by atoms with Crippen molar-refractivity contribution < 1.29 is 4.79 Å². The minimum absolute atomic E-state index is 0.0457. The van der Waals surface area contributed by atoms with Gasteiger partial charge < -0.3 is 15.2 Å². The molecule has 1 saturated heterocycles. The normalized spacial score (nSPS) is 21.9. The van der Waals surface area contributed by atoms with Crippen molar-refractivity contribution in [2.45, 2.75) is 45.6 Å². The SMILES string of the molecule is Cn1cnnc1C1CCCN(C(=O)C(N)C(C)(C)C)C1. The van der Waals surface area contributed by atoms with Crippen molar-refractivity contribution in [3.05, 3.63) is 12.2 Å². The van der Waals surface area contributed by atoms with Crippen LogP contribution in [0.4, 0.5) is 0 Å². The maximum Gasteiger partial charge on any atom is 0.240 e. The van der Waals surface area contributed by atoms with Crippen molar-refractivity contribution in [1.29, 1.82) is 0 Å². The summed E-state index contributed by atoms with van der Waals surface area (Å²) in [4.78, 5) is 14.4. The van der Waals surface area contributed by atoms with E-state index in [0.717, 1.165) is 25.2 Å². The van der Waals surface area contributed by atoms with Crippen molar-refractivity contribution >= 4 is 5.91 Å². The monoisotopic (exact) mass is 279 g/mol. The average molecular weight is 279 g/mol. The summed E-state index contributed by atoms with van der Waals surface area (Å²) in [7, 11) is 1.94. The predicted molar refractivity (Wildman–Crippen MR) is 77.0 cm³/mol. The van der Waals surface area contributed by atoms with E-state index in [1.165, 1.54) is 0 Å². The maximum absolute atomic E-state index is 12.5. The van der Waals surface area contributed by atoms with E-state index in [1.54, 1.807) is 6.33 Å². The van der Waals surface area contributed by atoms with Crippen LogP contribution in [0.2, 0.25) is 0 Å². The molecule has 0 aromatic carbocycles. The fourth-order valence-corrected chi connectivity index (χ4v) is 2.62. The standard InChI is InChI=1S/C14H25N5O/c1-14(2,3)11(15)13(20)19-7-5-6-10(8-19)12-17-16-9-18(12)4/h9-11H,5-8,15H2,1-4H3. The number of likely N-dealkylation sites (tertiary alicyclic amines) is 1. The molecule has 1 aromatic rings. The number of rotatable bonds is 2. The smallest absolute Gasteiger partial charge is 0.240 e. The van der Waals surface area contributed by atoms with E-state index in [0.29, 0.717) is 6.54 Å². The van der Waals surface area contributed by atoms with Crippen molar-refractivity contribution in [2.75, 3.05) is 13.1 Å². The third kappa shape index (κ3) is 3.00. The van der Waals surface area contributed by atoms with Gasteiger partial charge in [-0.15, -0.1) is 10.2 Å². The Kier molecular flexibility index (Phi) is 4.13. The Morgan fingerprint density at radius 3 is 2.75 bits per heavy atom. The molecule has 2 atom stereocenters. The Balaban J connectivity index is 2.08. The zero-order valence-electron chi connectivity index (χ0n) is 12.8. The number of aryl methyl sites for hydroxylation is 1. The zero-order chi connectivity index (χ0) is 14.9. The first-order valence-corrected chi connectivity index (χ1v) is 7.19. The first-order chi connectivity index (χ1) is 9.30. The molecule has 2 unspecified atom stereocenters. The van der Waals surface area contributed by atoms with Crippen LogP contribution in [0.25, 0.3) is 0 Å². The first-order valence-electron chi connectivity index (χ1n) is 7.19. The summed E-state index contributed by atoms with van der Waals surface area (Å²) < 4.78 is 1.93. The summed E-state index contributed by atoms with van der Waals surface area (Å²) in [6.45, 7) is 7.48. The minimum atomic E-state index is -0.458. The number of carbonyl (C=O) groups excluding carboxylic acids is 1. The number of amides is 1. The molecule has 112 valence electrons. The van der Waals surface area contributed by atoms with Crippen molar-refractivity contribution in [3.8, 4) is 0 Å². The highest BCUT2D eigenvalue weighted by molar-refractivity contribution is 5.82. The molecule has 2 rings (SSSR count). The van der Waals surface area contributed by atoms with Crippen LogP contribution in [0.5, 0.6) is 0 Å². The van der Waals surface area contributed by atoms with Crippen LogP contribution >= 0.6 is 0 Å². The van der Waals surface area contributed by atoms with E-state index in [2.05, 4.69) is 10.2 Å². The Morgan fingerprint density at radius 2 is 2.20 bits per heavy atom. The Morgan fingerprint density at radius 1 is 1.50 bits per heavy atom. The summed E-state index contributed by atoms with van der Waals surface area (Å²) >= 11 is 0. The van der Waals surface area contributed by atoms with Crippen molar-refractivity contribution in [2.24, 2.45) is 18.2 Å². The number of nitrogens with two attached hydrogens (primary N) is 1. The number of piperidine rings is 1. The van der Waals surface area contributed by atoms with Crippen molar-refractivity contribution in [1.82, 2.24) is 19.7 Å². The lowest BCUT2D eigenvalue weighted by atomic mass is 9.85. The maximum atomic E-state index is 12.5. The molecule has 1 amide bonds. The number of hydrogen-bond acceptors (Lipinski definition) is 4. The molecule has 6 heteroatoms. The Labute approximate surface area is 120 Å². The largest absolute Gasteiger partial charge is 0.341 e. The lowest BCUT2D eigenvalue weighted by Crippen LogP contribution is -2.52. The molecular weight excluding hydrogens is 254 g/mol. The number of aromatic nitrogens is 3. The Hall–Kier alpha value is -1.43. The van der Waals surface area contributed by atoms with Gasteiger partial charge in [0.1, 0.15) is 12.2 Å². The number of nitrogens with zero attached hydrogens (tertiary/aromatic N) is 4. The number of hydrogen-bond donors (Lipinski definition) is 1. The lowest BCUT2D eigenvalue weighted by molar-refractivity contribution is -0.136. The highest BCUT2D eigenvalue weighted by atomic mass is 16.2. The topological polar surface area (TPSA) is 77.0 Å². The summed E-state index contributed by atoms with van der Waals surface area (Å²) in [5, 5.41) is 8.10. The molecule has 0 radical (unpaired) electrons. The molecule has 0 aliphatic carbocycles. The van der Waals surface area contributed by atoms with E-state index < -0.39 is 6.04 Å². The highest BCUT2D eigenvalue weighted by Crippen LogP contribution is 2.27. The summed E-state index contributed by atoms with van der Waals surface area (Å²) in [5.41, 5.74) is 5.88. The van der Waals surface area contributed by atoms with Crippen LogP contribution in [-0.4, -0.2) is 44.7 Å². The third-order valence-corrected chi connectivity index (χ3v) is 4.04. The second-order valence-corrected chi connectivity index (χ2v) is 6.77. The predicted octanol–water partition coefficient (Wildman–Crippen LogP) is 0.894. The highest BCUT2D eigenvalue weighted by Gasteiger charge is 2.34. The van der Waals surface area contributed by atoms with Gasteiger partial charge in [0, 0.05) is 26.1 Å². The second kappa shape index (κ2) is 5.52. The molecule has 0 saturated carbocycles. The summed E-state index contributed by atoms with van der Waals surface area (Å²) in [6, 6.07) is -0.458. The average Bonchev–Trinajstić information content (AvgIpc) is 2.82. The van der Waals surface area contributed by atoms with Gasteiger partial charge in [0.15, 0.2) is 0 Å². The van der Waals surface area contributed by atoms with Gasteiger partial charge in [-0.1, -0.05) is 20.8 Å². The van der Waals surface area contributed by atoms with Crippen LogP contribution < -0.4 is 5.73 Å². The summed E-state index contributed by atoms with van der Waals surface area (Å²) in [6.07, 6.45) is 3.73. The molecule has 0 spiro atoms. The van der Waals surface area contributed by atoms with Crippen LogP contribution in [0.15, 0.2) is 6.33 Å². The van der Waals surface area contributed by atoms with Gasteiger partial charge in [-0.2, -0.15) is 0 Å². The molecule has 0 bridgehead atoms. The van der Waals surface area contributed by atoms with Gasteiger partial charge >= 0.3 is 0 Å². The molecule has 1 fully saturated rings.